The monoisotopic (exact) mass is 548 g/mol. The lowest BCUT2D eigenvalue weighted by Gasteiger charge is -2.19. The quantitative estimate of drug-likeness (QED) is 0.199. The minimum atomic E-state index is -2.41. The maximum absolute atomic E-state index is 5.85. The smallest absolute Gasteiger partial charge is 0.226 e. The highest BCUT2D eigenvalue weighted by Crippen LogP contribution is 2.58. The molecule has 12 heteroatoms. The summed E-state index contributed by atoms with van der Waals surface area (Å²) in [4.78, 5) is 0. The van der Waals surface area contributed by atoms with Crippen molar-refractivity contribution < 1.29 is 18.7 Å². The maximum Gasteiger partial charge on any atom is 0.226 e. The van der Waals surface area contributed by atoms with Crippen LogP contribution in [0, 0.1) is 0 Å². The van der Waals surface area contributed by atoms with Crippen LogP contribution >= 0.6 is 33.7 Å². The van der Waals surface area contributed by atoms with Crippen LogP contribution in [0.25, 0.3) is 0 Å². The number of nitrogens with zero attached hydrogens (tertiary/aromatic N) is 2. The zero-order chi connectivity index (χ0) is 23.8. The number of rotatable bonds is 11. The van der Waals surface area contributed by atoms with Crippen molar-refractivity contribution in [3.63, 3.8) is 0 Å². The van der Waals surface area contributed by atoms with E-state index in [0.717, 1.165) is 22.1 Å². The Kier molecular flexibility index (Phi) is 10.6. The van der Waals surface area contributed by atoms with Gasteiger partial charge < -0.3 is 18.7 Å². The van der Waals surface area contributed by atoms with Crippen molar-refractivity contribution >= 4 is 79.3 Å². The fraction of sp³-hybridized carbons (Fsp3) is 0.300. The van der Waals surface area contributed by atoms with E-state index in [9.17, 15) is 0 Å². The molecule has 0 aliphatic carbocycles. The molecule has 174 valence electrons. The molecule has 0 heterocycles. The SMILES string of the molecule is COc1ccc(P(=S)(O/N=C(C)\C(C)=N\OP(=S)(SC)c2ccc(OC)cc2)SC)cc1. The highest BCUT2D eigenvalue weighted by atomic mass is 32.9. The van der Waals surface area contributed by atoms with E-state index in [0.29, 0.717) is 11.4 Å². The molecule has 2 aromatic carbocycles. The number of oxime groups is 2. The molecule has 6 nitrogen and oxygen atoms in total. The van der Waals surface area contributed by atoms with Crippen LogP contribution < -0.4 is 20.1 Å². The van der Waals surface area contributed by atoms with Crippen LogP contribution in [0.2, 0.25) is 0 Å². The Morgan fingerprint density at radius 2 is 1.00 bits per heavy atom. The highest BCUT2D eigenvalue weighted by molar-refractivity contribution is 8.71. The zero-order valence-electron chi connectivity index (χ0n) is 18.7. The van der Waals surface area contributed by atoms with Gasteiger partial charge in [-0.05, 0) is 98.5 Å². The van der Waals surface area contributed by atoms with Gasteiger partial charge in [0.25, 0.3) is 0 Å². The third-order valence-electron chi connectivity index (χ3n) is 4.35. The first-order valence-electron chi connectivity index (χ1n) is 9.29. The molecular formula is C20H26N2O4P2S4. The van der Waals surface area contributed by atoms with Crippen LogP contribution in [0.3, 0.4) is 0 Å². The topological polar surface area (TPSA) is 61.6 Å². The molecule has 32 heavy (non-hydrogen) atoms. The third kappa shape index (κ3) is 6.99. The van der Waals surface area contributed by atoms with Crippen molar-refractivity contribution in [3.05, 3.63) is 48.5 Å². The molecule has 0 fully saturated rings. The molecule has 0 saturated carbocycles. The van der Waals surface area contributed by atoms with E-state index in [-0.39, 0.29) is 0 Å². The molecule has 0 aromatic heterocycles. The van der Waals surface area contributed by atoms with E-state index in [1.54, 1.807) is 28.1 Å². The second-order valence-electron chi connectivity index (χ2n) is 6.27. The molecule has 2 rings (SSSR count). The lowest BCUT2D eigenvalue weighted by molar-refractivity contribution is 0.387. The number of hydrogen-bond acceptors (Lipinski definition) is 10. The molecule has 0 spiro atoms. The van der Waals surface area contributed by atoms with E-state index < -0.39 is 10.9 Å². The number of ether oxygens (including phenoxy) is 2. The Morgan fingerprint density at radius 3 is 1.25 bits per heavy atom. The van der Waals surface area contributed by atoms with Crippen LogP contribution in [0.5, 0.6) is 11.5 Å². The molecule has 0 bridgehead atoms. The Labute approximate surface area is 208 Å². The molecule has 0 amide bonds. The first kappa shape index (κ1) is 27.2. The second kappa shape index (κ2) is 12.4. The number of benzene rings is 2. The molecule has 0 saturated heterocycles. The van der Waals surface area contributed by atoms with Crippen molar-refractivity contribution in [2.75, 3.05) is 26.7 Å². The average Bonchev–Trinajstić information content (AvgIpc) is 2.85. The van der Waals surface area contributed by atoms with Gasteiger partial charge in [0.1, 0.15) is 22.9 Å². The minimum Gasteiger partial charge on any atom is -0.497 e. The summed E-state index contributed by atoms with van der Waals surface area (Å²) in [5.41, 5.74) is -3.68. The van der Waals surface area contributed by atoms with E-state index in [1.165, 1.54) is 22.8 Å². The van der Waals surface area contributed by atoms with Crippen LogP contribution in [0.1, 0.15) is 13.8 Å². The summed E-state index contributed by atoms with van der Waals surface area (Å²) in [5, 5.41) is 10.3. The number of hydrogen-bond donors (Lipinski definition) is 0. The molecule has 0 aliphatic heterocycles. The van der Waals surface area contributed by atoms with Gasteiger partial charge in [-0.15, -0.1) is 0 Å². The Hall–Kier alpha value is -1.02. The molecule has 2 atom stereocenters. The molecule has 0 aliphatic rings. The second-order valence-corrected chi connectivity index (χ2v) is 20.1. The van der Waals surface area contributed by atoms with E-state index in [1.807, 2.05) is 61.0 Å². The lowest BCUT2D eigenvalue weighted by Crippen LogP contribution is -2.10. The Balaban J connectivity index is 2.16. The molecule has 0 N–H and O–H groups in total. The van der Waals surface area contributed by atoms with Crippen LogP contribution in [0.4, 0.5) is 0 Å². The lowest BCUT2D eigenvalue weighted by atomic mass is 10.3. The fourth-order valence-electron chi connectivity index (χ4n) is 2.26. The average molecular weight is 549 g/mol. The predicted molar refractivity (Wildman–Crippen MR) is 149 cm³/mol. The predicted octanol–water partition coefficient (Wildman–Crippen LogP) is 5.78. The Bertz CT molecular complexity index is 975. The summed E-state index contributed by atoms with van der Waals surface area (Å²) in [6.45, 7) is 3.60. The van der Waals surface area contributed by atoms with Crippen LogP contribution in [-0.2, 0) is 32.9 Å². The normalized spacial score (nSPS) is 15.9. The first-order valence-corrected chi connectivity index (χ1v) is 18.4. The summed E-state index contributed by atoms with van der Waals surface area (Å²) in [7, 11) is 3.25. The van der Waals surface area contributed by atoms with Gasteiger partial charge in [-0.25, -0.2) is 0 Å². The summed E-state index contributed by atoms with van der Waals surface area (Å²) in [5.74, 6) is 1.52. The Morgan fingerprint density at radius 1 is 0.688 bits per heavy atom. The van der Waals surface area contributed by atoms with E-state index in [4.69, 9.17) is 42.3 Å². The standard InChI is InChI=1S/C20H26N2O4P2S4/c1-15(21-25-27(29,31-5)19-11-7-17(23-3)8-12-19)16(2)22-26-28(30,32-6)20-13-9-18(24-4)10-14-20/h7-14H,1-6H3/b21-15-,22-16+. The van der Waals surface area contributed by atoms with Crippen molar-refractivity contribution in [1.29, 1.82) is 0 Å². The van der Waals surface area contributed by atoms with Gasteiger partial charge in [0.05, 0.1) is 14.2 Å². The molecular weight excluding hydrogens is 522 g/mol. The molecule has 2 unspecified atom stereocenters. The van der Waals surface area contributed by atoms with Crippen LogP contribution in [0.15, 0.2) is 58.8 Å². The molecule has 0 radical (unpaired) electrons. The van der Waals surface area contributed by atoms with Gasteiger partial charge in [-0.1, -0.05) is 33.1 Å². The zero-order valence-corrected chi connectivity index (χ0v) is 23.7. The molecule has 2 aromatic rings. The third-order valence-corrected chi connectivity index (χ3v) is 16.7. The van der Waals surface area contributed by atoms with Crippen molar-refractivity contribution in [1.82, 2.24) is 0 Å². The summed E-state index contributed by atoms with van der Waals surface area (Å²) in [6.07, 6.45) is 3.84. The summed E-state index contributed by atoms with van der Waals surface area (Å²) >= 11 is 14.5. The summed E-state index contributed by atoms with van der Waals surface area (Å²) < 4.78 is 22.1. The van der Waals surface area contributed by atoms with Gasteiger partial charge in [0, 0.05) is 10.6 Å². The van der Waals surface area contributed by atoms with Gasteiger partial charge >= 0.3 is 0 Å². The highest BCUT2D eigenvalue weighted by Gasteiger charge is 2.23. The van der Waals surface area contributed by atoms with E-state index in [2.05, 4.69) is 10.3 Å². The van der Waals surface area contributed by atoms with Crippen molar-refractivity contribution in [3.8, 4) is 11.5 Å². The fourth-order valence-corrected chi connectivity index (χ4v) is 8.02. The van der Waals surface area contributed by atoms with Crippen LogP contribution in [-0.4, -0.2) is 38.2 Å². The van der Waals surface area contributed by atoms with Gasteiger partial charge in [-0.3, -0.25) is 0 Å². The van der Waals surface area contributed by atoms with Gasteiger partial charge in [-0.2, -0.15) is 0 Å². The minimum absolute atomic E-state index is 0.569. The van der Waals surface area contributed by atoms with Crippen molar-refractivity contribution in [2.45, 2.75) is 13.8 Å². The number of methoxy groups -OCH3 is 2. The van der Waals surface area contributed by atoms with Crippen molar-refractivity contribution in [2.24, 2.45) is 10.3 Å². The largest absolute Gasteiger partial charge is 0.497 e. The van der Waals surface area contributed by atoms with Gasteiger partial charge in [0.2, 0.25) is 10.9 Å². The first-order chi connectivity index (χ1) is 15.2. The van der Waals surface area contributed by atoms with E-state index >= 15 is 0 Å². The summed E-state index contributed by atoms with van der Waals surface area (Å²) in [6, 6.07) is 15.1. The maximum atomic E-state index is 5.85. The van der Waals surface area contributed by atoms with Gasteiger partial charge in [0.15, 0.2) is 0 Å².